The topological polar surface area (TPSA) is 112 Å². The van der Waals surface area contributed by atoms with Crippen LogP contribution >= 0.6 is 22.9 Å². The Hall–Kier alpha value is -4.85. The Kier molecular flexibility index (Phi) is 9.71. The summed E-state index contributed by atoms with van der Waals surface area (Å²) in [4.78, 5) is 32.5. The molecule has 0 N–H and O–H groups in total. The van der Waals surface area contributed by atoms with Crippen LogP contribution in [-0.2, 0) is 16.1 Å². The third-order valence-electron chi connectivity index (χ3n) is 7.06. The van der Waals surface area contributed by atoms with Crippen LogP contribution in [0.1, 0.15) is 49.1 Å². The molecular weight excluding hydrogens is 614 g/mol. The Labute approximate surface area is 268 Å². The van der Waals surface area contributed by atoms with Gasteiger partial charge in [-0.1, -0.05) is 41.1 Å². The van der Waals surface area contributed by atoms with Crippen LogP contribution < -0.4 is 29.1 Å². The molecule has 3 aromatic carbocycles. The predicted molar refractivity (Wildman–Crippen MR) is 172 cm³/mol. The number of carbonyl (C=O) groups is 1. The van der Waals surface area contributed by atoms with E-state index in [2.05, 4.69) is 11.1 Å². The van der Waals surface area contributed by atoms with Crippen molar-refractivity contribution in [1.82, 2.24) is 4.57 Å². The SMILES string of the molecule is CCOC(=O)C1=C(C)N=c2s/c(=C/c3cc(Cl)ccc3OCc3ccc(C#N)cc3)c(=O)n2[C@@H]1c1ccc(OC)c(OCC)c1. The van der Waals surface area contributed by atoms with Gasteiger partial charge in [0.1, 0.15) is 12.4 Å². The molecule has 1 aromatic heterocycles. The fraction of sp³-hybridized carbons (Fsp3) is 0.235. The van der Waals surface area contributed by atoms with Gasteiger partial charge in [0.25, 0.3) is 5.56 Å². The number of ether oxygens (including phenoxy) is 4. The maximum atomic E-state index is 14.2. The number of nitriles is 1. The molecule has 0 saturated carbocycles. The summed E-state index contributed by atoms with van der Waals surface area (Å²) in [6.07, 6.45) is 1.71. The largest absolute Gasteiger partial charge is 0.493 e. The highest BCUT2D eigenvalue weighted by Gasteiger charge is 2.34. The molecule has 0 fully saturated rings. The Morgan fingerprint density at radius 2 is 1.80 bits per heavy atom. The number of benzene rings is 3. The quantitative estimate of drug-likeness (QED) is 0.215. The van der Waals surface area contributed by atoms with Crippen molar-refractivity contribution in [3.8, 4) is 23.3 Å². The lowest BCUT2D eigenvalue weighted by atomic mass is 9.95. The zero-order valence-corrected chi connectivity index (χ0v) is 26.7. The van der Waals surface area contributed by atoms with Gasteiger partial charge in [-0.15, -0.1) is 0 Å². The summed E-state index contributed by atoms with van der Waals surface area (Å²) in [5.41, 5.74) is 3.05. The van der Waals surface area contributed by atoms with Gasteiger partial charge in [-0.3, -0.25) is 9.36 Å². The Balaban J connectivity index is 1.62. The van der Waals surface area contributed by atoms with E-state index in [9.17, 15) is 9.59 Å². The molecule has 11 heteroatoms. The van der Waals surface area contributed by atoms with Crippen LogP contribution in [0.25, 0.3) is 6.08 Å². The van der Waals surface area contributed by atoms with Crippen molar-refractivity contribution in [2.75, 3.05) is 20.3 Å². The molecule has 5 rings (SSSR count). The Morgan fingerprint density at radius 1 is 1.04 bits per heavy atom. The predicted octanol–water partition coefficient (Wildman–Crippen LogP) is 5.31. The van der Waals surface area contributed by atoms with Gasteiger partial charge in [0.05, 0.1) is 53.8 Å². The number of carbonyl (C=O) groups excluding carboxylic acids is 1. The third kappa shape index (κ3) is 6.65. The number of allylic oxidation sites excluding steroid dienone is 1. The first-order chi connectivity index (χ1) is 21.8. The molecular formula is C34H30ClN3O6S. The maximum Gasteiger partial charge on any atom is 0.338 e. The number of rotatable bonds is 10. The standard InChI is InChI=1S/C34H30ClN3O6S/c1-5-42-28-16-23(11-13-27(28)41-4)31-30(33(40)43-6-2)20(3)37-34-38(31)32(39)29(45-34)17-24-15-25(35)12-14-26(24)44-19-22-9-7-21(18-36)8-10-22/h7-17,31H,5-6,19H2,1-4H3/b29-17+/t31-/m1/s1. The Bertz CT molecular complexity index is 2010. The van der Waals surface area contributed by atoms with Crippen molar-refractivity contribution in [2.24, 2.45) is 4.99 Å². The lowest BCUT2D eigenvalue weighted by Crippen LogP contribution is -2.40. The van der Waals surface area contributed by atoms with E-state index in [-0.39, 0.29) is 24.3 Å². The van der Waals surface area contributed by atoms with Gasteiger partial charge in [0.2, 0.25) is 0 Å². The van der Waals surface area contributed by atoms with Gasteiger partial charge in [-0.2, -0.15) is 5.26 Å². The number of hydrogen-bond donors (Lipinski definition) is 0. The first-order valence-electron chi connectivity index (χ1n) is 14.2. The molecule has 4 aromatic rings. The number of methoxy groups -OCH3 is 1. The molecule has 45 heavy (non-hydrogen) atoms. The lowest BCUT2D eigenvalue weighted by Gasteiger charge is -2.25. The second kappa shape index (κ2) is 13.8. The molecule has 1 aliphatic heterocycles. The van der Waals surface area contributed by atoms with E-state index in [0.717, 1.165) is 5.56 Å². The van der Waals surface area contributed by atoms with Gasteiger partial charge in [-0.05, 0) is 80.4 Å². The fourth-order valence-corrected chi connectivity index (χ4v) is 6.20. The third-order valence-corrected chi connectivity index (χ3v) is 8.27. The Morgan fingerprint density at radius 3 is 2.49 bits per heavy atom. The summed E-state index contributed by atoms with van der Waals surface area (Å²) in [6, 6.07) is 18.9. The van der Waals surface area contributed by atoms with Gasteiger partial charge in [0.15, 0.2) is 16.3 Å². The lowest BCUT2D eigenvalue weighted by molar-refractivity contribution is -0.139. The molecule has 0 unspecified atom stereocenters. The normalized spacial score (nSPS) is 14.3. The molecule has 9 nitrogen and oxygen atoms in total. The molecule has 0 aliphatic carbocycles. The van der Waals surface area contributed by atoms with Gasteiger partial charge in [-0.25, -0.2) is 9.79 Å². The summed E-state index contributed by atoms with van der Waals surface area (Å²) in [7, 11) is 1.55. The van der Waals surface area contributed by atoms with E-state index in [1.807, 2.05) is 19.1 Å². The first-order valence-corrected chi connectivity index (χ1v) is 15.4. The van der Waals surface area contributed by atoms with Gasteiger partial charge < -0.3 is 18.9 Å². The molecule has 0 radical (unpaired) electrons. The maximum absolute atomic E-state index is 14.2. The summed E-state index contributed by atoms with van der Waals surface area (Å²) in [5.74, 6) is 0.979. The van der Waals surface area contributed by atoms with Crippen LogP contribution in [0.15, 0.2) is 81.7 Å². The highest BCUT2D eigenvalue weighted by Crippen LogP contribution is 2.36. The average Bonchev–Trinajstić information content (AvgIpc) is 3.34. The summed E-state index contributed by atoms with van der Waals surface area (Å²) in [6.45, 7) is 6.13. The number of fused-ring (bicyclic) bond motifs is 1. The van der Waals surface area contributed by atoms with Crippen molar-refractivity contribution in [2.45, 2.75) is 33.4 Å². The number of aromatic nitrogens is 1. The van der Waals surface area contributed by atoms with Crippen LogP contribution in [0.3, 0.4) is 0 Å². The highest BCUT2D eigenvalue weighted by molar-refractivity contribution is 7.07. The molecule has 0 spiro atoms. The summed E-state index contributed by atoms with van der Waals surface area (Å²) < 4.78 is 24.7. The number of hydrogen-bond acceptors (Lipinski definition) is 9. The van der Waals surface area contributed by atoms with Crippen molar-refractivity contribution in [1.29, 1.82) is 5.26 Å². The number of esters is 1. The number of halogens is 1. The molecule has 1 atom stereocenters. The van der Waals surface area contributed by atoms with E-state index < -0.39 is 12.0 Å². The van der Waals surface area contributed by atoms with Crippen LogP contribution in [0.5, 0.6) is 17.2 Å². The molecule has 0 bridgehead atoms. The minimum Gasteiger partial charge on any atom is -0.493 e. The monoisotopic (exact) mass is 643 g/mol. The zero-order valence-electron chi connectivity index (χ0n) is 25.1. The molecule has 2 heterocycles. The van der Waals surface area contributed by atoms with Gasteiger partial charge >= 0.3 is 5.97 Å². The van der Waals surface area contributed by atoms with E-state index >= 15 is 0 Å². The van der Waals surface area contributed by atoms with E-state index in [4.69, 9.17) is 35.8 Å². The zero-order chi connectivity index (χ0) is 32.1. The first kappa shape index (κ1) is 31.6. The number of thiazole rings is 1. The van der Waals surface area contributed by atoms with E-state index in [1.165, 1.54) is 15.9 Å². The minimum atomic E-state index is -0.820. The van der Waals surface area contributed by atoms with Crippen molar-refractivity contribution < 1.29 is 23.7 Å². The molecule has 0 saturated heterocycles. The number of nitrogens with zero attached hydrogens (tertiary/aromatic N) is 3. The fourth-order valence-electron chi connectivity index (χ4n) is 4.98. The summed E-state index contributed by atoms with van der Waals surface area (Å²) >= 11 is 7.56. The smallest absolute Gasteiger partial charge is 0.338 e. The molecule has 1 aliphatic rings. The minimum absolute atomic E-state index is 0.166. The highest BCUT2D eigenvalue weighted by atomic mass is 35.5. The second-order valence-electron chi connectivity index (χ2n) is 9.93. The van der Waals surface area contributed by atoms with Crippen molar-refractivity contribution in [3.05, 3.63) is 119 Å². The van der Waals surface area contributed by atoms with Crippen molar-refractivity contribution in [3.63, 3.8) is 0 Å². The van der Waals surface area contributed by atoms with Crippen LogP contribution in [-0.4, -0.2) is 30.9 Å². The second-order valence-corrected chi connectivity index (χ2v) is 11.4. The molecule has 230 valence electrons. The summed E-state index contributed by atoms with van der Waals surface area (Å²) in [5, 5.41) is 9.54. The van der Waals surface area contributed by atoms with Crippen LogP contribution in [0, 0.1) is 11.3 Å². The molecule has 0 amide bonds. The van der Waals surface area contributed by atoms with E-state index in [1.54, 1.807) is 75.6 Å². The van der Waals surface area contributed by atoms with Gasteiger partial charge in [0, 0.05) is 10.6 Å². The van der Waals surface area contributed by atoms with Crippen LogP contribution in [0.4, 0.5) is 0 Å². The van der Waals surface area contributed by atoms with E-state index in [0.29, 0.717) is 60.6 Å². The van der Waals surface area contributed by atoms with Crippen molar-refractivity contribution >= 4 is 35.0 Å². The average molecular weight is 644 g/mol. The van der Waals surface area contributed by atoms with Crippen LogP contribution in [0.2, 0.25) is 5.02 Å².